The van der Waals surface area contributed by atoms with Crippen molar-refractivity contribution in [2.45, 2.75) is 52.1 Å². The quantitative estimate of drug-likeness (QED) is 0.602. The van der Waals surface area contributed by atoms with Crippen molar-refractivity contribution in [3.05, 3.63) is 66.0 Å². The van der Waals surface area contributed by atoms with Crippen LogP contribution in [0.5, 0.6) is 0 Å². The van der Waals surface area contributed by atoms with Crippen molar-refractivity contribution >= 4 is 16.9 Å². The number of hydrogen-bond acceptors (Lipinski definition) is 2. The number of aromatic nitrogens is 2. The summed E-state index contributed by atoms with van der Waals surface area (Å²) in [6.45, 7) is 4.71. The van der Waals surface area contributed by atoms with Crippen LogP contribution in [0, 0.1) is 0 Å². The van der Waals surface area contributed by atoms with E-state index in [-0.39, 0.29) is 11.9 Å². The number of nitrogens with one attached hydrogen (secondary N) is 1. The molecule has 1 aromatic heterocycles. The Balaban J connectivity index is 1.99. The molecule has 4 nitrogen and oxygen atoms in total. The number of hydrogen-bond donors (Lipinski definition) is 1. The van der Waals surface area contributed by atoms with Gasteiger partial charge in [-0.3, -0.25) is 4.79 Å². The first-order chi connectivity index (χ1) is 12.7. The van der Waals surface area contributed by atoms with E-state index >= 15 is 0 Å². The predicted molar refractivity (Wildman–Crippen MR) is 106 cm³/mol. The molecule has 1 heterocycles. The van der Waals surface area contributed by atoms with Crippen LogP contribution in [0.4, 0.5) is 0 Å². The van der Waals surface area contributed by atoms with Crippen LogP contribution < -0.4 is 5.32 Å². The third kappa shape index (κ3) is 4.31. The summed E-state index contributed by atoms with van der Waals surface area (Å²) in [6.07, 6.45) is 4.22. The van der Waals surface area contributed by atoms with Gasteiger partial charge in [-0.2, -0.15) is 0 Å². The molecule has 0 aliphatic rings. The predicted octanol–water partition coefficient (Wildman–Crippen LogP) is 4.65. The minimum atomic E-state index is -0.135. The highest BCUT2D eigenvalue weighted by Gasteiger charge is 2.21. The Morgan fingerprint density at radius 2 is 1.81 bits per heavy atom. The van der Waals surface area contributed by atoms with Crippen molar-refractivity contribution < 1.29 is 4.79 Å². The fraction of sp³-hybridized carbons (Fsp3) is 0.364. The SMILES string of the molecule is CCCCCn1c([C@H](Cc2ccccc2)NC(C)=O)nc2ccccc21. The number of amides is 1. The third-order valence-corrected chi connectivity index (χ3v) is 4.64. The molecule has 0 bridgehead atoms. The van der Waals surface area contributed by atoms with Gasteiger partial charge in [-0.25, -0.2) is 4.98 Å². The molecule has 0 spiro atoms. The van der Waals surface area contributed by atoms with Gasteiger partial charge in [-0.05, 0) is 30.5 Å². The molecule has 1 amide bonds. The molecule has 0 aliphatic carbocycles. The van der Waals surface area contributed by atoms with Gasteiger partial charge in [0.25, 0.3) is 0 Å². The van der Waals surface area contributed by atoms with Gasteiger partial charge in [0.05, 0.1) is 17.1 Å². The van der Waals surface area contributed by atoms with Crippen LogP contribution in [0.1, 0.15) is 50.5 Å². The summed E-state index contributed by atoms with van der Waals surface area (Å²) in [4.78, 5) is 16.7. The first-order valence-corrected chi connectivity index (χ1v) is 9.45. The van der Waals surface area contributed by atoms with E-state index < -0.39 is 0 Å². The lowest BCUT2D eigenvalue weighted by molar-refractivity contribution is -0.119. The van der Waals surface area contributed by atoms with Crippen LogP contribution in [0.3, 0.4) is 0 Å². The Bertz CT molecular complexity index is 854. The summed E-state index contributed by atoms with van der Waals surface area (Å²) < 4.78 is 2.29. The lowest BCUT2D eigenvalue weighted by atomic mass is 10.1. The molecule has 0 aliphatic heterocycles. The number of carbonyl (C=O) groups is 1. The van der Waals surface area contributed by atoms with E-state index in [0.29, 0.717) is 0 Å². The summed E-state index contributed by atoms with van der Waals surface area (Å²) in [7, 11) is 0. The maximum absolute atomic E-state index is 11.9. The number of imidazole rings is 1. The standard InChI is InChI=1S/C22H27N3O/c1-3-4-10-15-25-21-14-9-8-13-19(21)24-22(25)20(23-17(2)26)16-18-11-6-5-7-12-18/h5-9,11-14,20H,3-4,10,15-16H2,1-2H3,(H,23,26)/t20-/m0/s1. The molecule has 2 aromatic carbocycles. The minimum absolute atomic E-state index is 0.0295. The molecule has 0 saturated heterocycles. The molecular formula is C22H27N3O. The highest BCUT2D eigenvalue weighted by atomic mass is 16.1. The highest BCUT2D eigenvalue weighted by molar-refractivity contribution is 5.77. The second-order valence-electron chi connectivity index (χ2n) is 6.76. The van der Waals surface area contributed by atoms with E-state index in [4.69, 9.17) is 4.98 Å². The lowest BCUT2D eigenvalue weighted by Gasteiger charge is -2.20. The number of aryl methyl sites for hydroxylation is 1. The molecular weight excluding hydrogens is 322 g/mol. The molecule has 4 heteroatoms. The van der Waals surface area contributed by atoms with Crippen LogP contribution in [-0.4, -0.2) is 15.5 Å². The Hall–Kier alpha value is -2.62. The van der Waals surface area contributed by atoms with Gasteiger partial charge < -0.3 is 9.88 Å². The van der Waals surface area contributed by atoms with E-state index in [1.807, 2.05) is 30.3 Å². The molecule has 0 fully saturated rings. The maximum Gasteiger partial charge on any atom is 0.217 e. The fourth-order valence-electron chi connectivity index (χ4n) is 3.42. The van der Waals surface area contributed by atoms with Gasteiger partial charge in [0.1, 0.15) is 5.82 Å². The summed E-state index contributed by atoms with van der Waals surface area (Å²) in [6, 6.07) is 18.4. The van der Waals surface area contributed by atoms with Crippen molar-refractivity contribution in [2.24, 2.45) is 0 Å². The van der Waals surface area contributed by atoms with Gasteiger partial charge >= 0.3 is 0 Å². The smallest absolute Gasteiger partial charge is 0.217 e. The Morgan fingerprint density at radius 1 is 1.08 bits per heavy atom. The van der Waals surface area contributed by atoms with Gasteiger partial charge in [-0.15, -0.1) is 0 Å². The minimum Gasteiger partial charge on any atom is -0.346 e. The van der Waals surface area contributed by atoms with Crippen molar-refractivity contribution in [3.8, 4) is 0 Å². The molecule has 0 saturated carbocycles. The van der Waals surface area contributed by atoms with Crippen molar-refractivity contribution in [3.63, 3.8) is 0 Å². The number of benzene rings is 2. The zero-order valence-electron chi connectivity index (χ0n) is 15.6. The largest absolute Gasteiger partial charge is 0.346 e. The highest BCUT2D eigenvalue weighted by Crippen LogP contribution is 2.24. The Kier molecular flexibility index (Phi) is 6.05. The van der Waals surface area contributed by atoms with E-state index in [1.54, 1.807) is 6.92 Å². The molecule has 1 N–H and O–H groups in total. The number of carbonyl (C=O) groups excluding carboxylic acids is 1. The van der Waals surface area contributed by atoms with Crippen molar-refractivity contribution in [2.75, 3.05) is 0 Å². The second kappa shape index (κ2) is 8.65. The molecule has 0 unspecified atom stereocenters. The van der Waals surface area contributed by atoms with Crippen LogP contribution in [-0.2, 0) is 17.8 Å². The number of para-hydroxylation sites is 2. The molecule has 3 rings (SSSR count). The van der Waals surface area contributed by atoms with E-state index in [0.717, 1.165) is 36.2 Å². The number of nitrogens with zero attached hydrogens (tertiary/aromatic N) is 2. The van der Waals surface area contributed by atoms with Gasteiger partial charge in [0.2, 0.25) is 5.91 Å². The number of rotatable bonds is 8. The molecule has 1 atom stereocenters. The van der Waals surface area contributed by atoms with Crippen molar-refractivity contribution in [1.82, 2.24) is 14.9 Å². The van der Waals surface area contributed by atoms with E-state index in [9.17, 15) is 4.79 Å². The van der Waals surface area contributed by atoms with Gasteiger partial charge in [0.15, 0.2) is 0 Å². The van der Waals surface area contributed by atoms with Gasteiger partial charge in [-0.1, -0.05) is 62.2 Å². The average Bonchev–Trinajstić information content (AvgIpc) is 3.01. The fourth-order valence-corrected chi connectivity index (χ4v) is 3.42. The van der Waals surface area contributed by atoms with Crippen LogP contribution >= 0.6 is 0 Å². The van der Waals surface area contributed by atoms with Crippen LogP contribution in [0.2, 0.25) is 0 Å². The average molecular weight is 349 g/mol. The van der Waals surface area contributed by atoms with Crippen molar-refractivity contribution in [1.29, 1.82) is 0 Å². The summed E-state index contributed by atoms with van der Waals surface area (Å²) >= 11 is 0. The zero-order valence-corrected chi connectivity index (χ0v) is 15.6. The van der Waals surface area contributed by atoms with Crippen LogP contribution in [0.15, 0.2) is 54.6 Å². The molecule has 3 aromatic rings. The van der Waals surface area contributed by atoms with E-state index in [1.165, 1.54) is 18.4 Å². The molecule has 26 heavy (non-hydrogen) atoms. The first-order valence-electron chi connectivity index (χ1n) is 9.45. The third-order valence-electron chi connectivity index (χ3n) is 4.64. The maximum atomic E-state index is 11.9. The summed E-state index contributed by atoms with van der Waals surface area (Å²) in [5, 5.41) is 3.11. The normalized spacial score (nSPS) is 12.2. The summed E-state index contributed by atoms with van der Waals surface area (Å²) in [5.41, 5.74) is 3.32. The Morgan fingerprint density at radius 3 is 2.54 bits per heavy atom. The topological polar surface area (TPSA) is 46.9 Å². The number of unbranched alkanes of at least 4 members (excludes halogenated alkanes) is 2. The Labute approximate surface area is 155 Å². The van der Waals surface area contributed by atoms with Crippen LogP contribution in [0.25, 0.3) is 11.0 Å². The molecule has 136 valence electrons. The monoisotopic (exact) mass is 349 g/mol. The second-order valence-corrected chi connectivity index (χ2v) is 6.76. The first kappa shape index (κ1) is 18.2. The summed E-state index contributed by atoms with van der Waals surface area (Å²) in [5.74, 6) is 0.916. The lowest BCUT2D eigenvalue weighted by Crippen LogP contribution is -2.30. The number of fused-ring (bicyclic) bond motifs is 1. The molecule has 0 radical (unpaired) electrons. The zero-order chi connectivity index (χ0) is 18.4. The van der Waals surface area contributed by atoms with E-state index in [2.05, 4.69) is 41.1 Å². The van der Waals surface area contributed by atoms with Gasteiger partial charge in [0, 0.05) is 13.5 Å².